The van der Waals surface area contributed by atoms with Crippen LogP contribution in [0.3, 0.4) is 0 Å². The van der Waals surface area contributed by atoms with Crippen molar-refractivity contribution in [3.8, 4) is 0 Å². The lowest BCUT2D eigenvalue weighted by Crippen LogP contribution is -2.40. The van der Waals surface area contributed by atoms with Gasteiger partial charge in [-0.3, -0.25) is 10.1 Å². The van der Waals surface area contributed by atoms with E-state index in [0.29, 0.717) is 13.1 Å². The maximum absolute atomic E-state index is 11.3. The van der Waals surface area contributed by atoms with Crippen LogP contribution in [0, 0.1) is 17.0 Å². The van der Waals surface area contributed by atoms with Crippen molar-refractivity contribution in [2.75, 3.05) is 29.5 Å². The summed E-state index contributed by atoms with van der Waals surface area (Å²) in [6.45, 7) is 2.69. The standard InChI is InChI=1S/C11H14N2O4S/c1-9-8-10(13(14)15)2-3-11(9)12-4-6-18(16,17)7-5-12/h2-3,8H,4-7H2,1H3. The Kier molecular flexibility index (Phi) is 3.25. The summed E-state index contributed by atoms with van der Waals surface area (Å²) in [6, 6.07) is 4.65. The molecule has 0 aliphatic carbocycles. The number of anilines is 1. The molecule has 6 nitrogen and oxygen atoms in total. The average Bonchev–Trinajstić information content (AvgIpc) is 2.29. The molecule has 1 saturated heterocycles. The zero-order valence-corrected chi connectivity index (χ0v) is 10.8. The molecule has 0 amide bonds. The lowest BCUT2D eigenvalue weighted by Gasteiger charge is -2.29. The second-order valence-electron chi connectivity index (χ2n) is 4.37. The van der Waals surface area contributed by atoms with E-state index in [1.165, 1.54) is 12.1 Å². The van der Waals surface area contributed by atoms with Gasteiger partial charge in [-0.1, -0.05) is 0 Å². The Morgan fingerprint density at radius 2 is 1.89 bits per heavy atom. The minimum absolute atomic E-state index is 0.0564. The molecule has 1 heterocycles. The molecule has 0 N–H and O–H groups in total. The molecule has 0 saturated carbocycles. The van der Waals surface area contributed by atoms with Crippen LogP contribution in [0.5, 0.6) is 0 Å². The van der Waals surface area contributed by atoms with E-state index in [1.54, 1.807) is 13.0 Å². The van der Waals surface area contributed by atoms with Crippen LogP contribution >= 0.6 is 0 Å². The van der Waals surface area contributed by atoms with Gasteiger partial charge in [0.2, 0.25) is 0 Å². The van der Waals surface area contributed by atoms with Gasteiger partial charge in [0.05, 0.1) is 16.4 Å². The number of sulfone groups is 1. The largest absolute Gasteiger partial charge is 0.369 e. The summed E-state index contributed by atoms with van der Waals surface area (Å²) in [4.78, 5) is 12.2. The Bertz CT molecular complexity index is 569. The zero-order valence-electron chi connectivity index (χ0n) is 10.00. The molecular formula is C11H14N2O4S. The lowest BCUT2D eigenvalue weighted by atomic mass is 10.1. The first kappa shape index (κ1) is 12.8. The van der Waals surface area contributed by atoms with Gasteiger partial charge in [-0.15, -0.1) is 0 Å². The first-order valence-corrected chi connectivity index (χ1v) is 7.41. The van der Waals surface area contributed by atoms with Crippen molar-refractivity contribution < 1.29 is 13.3 Å². The number of hydrogen-bond donors (Lipinski definition) is 0. The van der Waals surface area contributed by atoms with Gasteiger partial charge >= 0.3 is 0 Å². The van der Waals surface area contributed by atoms with Crippen molar-refractivity contribution in [1.82, 2.24) is 0 Å². The van der Waals surface area contributed by atoms with Gasteiger partial charge in [-0.05, 0) is 18.6 Å². The smallest absolute Gasteiger partial charge is 0.269 e. The average molecular weight is 270 g/mol. The second-order valence-corrected chi connectivity index (χ2v) is 6.67. The summed E-state index contributed by atoms with van der Waals surface area (Å²) in [5, 5.41) is 10.6. The van der Waals surface area contributed by atoms with Crippen molar-refractivity contribution in [3.05, 3.63) is 33.9 Å². The third-order valence-corrected chi connectivity index (χ3v) is 4.69. The summed E-state index contributed by atoms with van der Waals surface area (Å²) in [6.07, 6.45) is 0. The number of nitrogens with zero attached hydrogens (tertiary/aromatic N) is 2. The second kappa shape index (κ2) is 4.56. The van der Waals surface area contributed by atoms with Crippen LogP contribution in [0.4, 0.5) is 11.4 Å². The predicted octanol–water partition coefficient (Wildman–Crippen LogP) is 1.14. The SMILES string of the molecule is Cc1cc([N+](=O)[O-])ccc1N1CCS(=O)(=O)CC1. The number of nitro benzene ring substituents is 1. The Hall–Kier alpha value is -1.63. The molecule has 1 aliphatic rings. The number of aryl methyl sites for hydroxylation is 1. The van der Waals surface area contributed by atoms with Crippen LogP contribution in [0.15, 0.2) is 18.2 Å². The van der Waals surface area contributed by atoms with Gasteiger partial charge in [-0.25, -0.2) is 8.42 Å². The summed E-state index contributed by atoms with van der Waals surface area (Å²) in [5.41, 5.74) is 1.72. The topological polar surface area (TPSA) is 80.5 Å². The number of benzene rings is 1. The highest BCUT2D eigenvalue weighted by Crippen LogP contribution is 2.25. The van der Waals surface area contributed by atoms with Crippen molar-refractivity contribution >= 4 is 21.2 Å². The van der Waals surface area contributed by atoms with E-state index in [-0.39, 0.29) is 17.2 Å². The Balaban J connectivity index is 2.22. The third-order valence-electron chi connectivity index (χ3n) is 3.08. The van der Waals surface area contributed by atoms with E-state index in [1.807, 2.05) is 4.90 Å². The first-order valence-electron chi connectivity index (χ1n) is 5.59. The molecule has 2 rings (SSSR count). The lowest BCUT2D eigenvalue weighted by molar-refractivity contribution is -0.384. The molecule has 0 bridgehead atoms. The molecule has 98 valence electrons. The number of nitro groups is 1. The molecule has 0 atom stereocenters. The number of hydrogen-bond acceptors (Lipinski definition) is 5. The van der Waals surface area contributed by atoms with Crippen LogP contribution in [0.2, 0.25) is 0 Å². The fourth-order valence-electron chi connectivity index (χ4n) is 2.06. The molecule has 0 radical (unpaired) electrons. The molecule has 0 aromatic heterocycles. The highest BCUT2D eigenvalue weighted by Gasteiger charge is 2.23. The molecule has 0 spiro atoms. The van der Waals surface area contributed by atoms with Gasteiger partial charge in [0.1, 0.15) is 0 Å². The molecule has 1 aliphatic heterocycles. The molecule has 18 heavy (non-hydrogen) atoms. The van der Waals surface area contributed by atoms with E-state index >= 15 is 0 Å². The quantitative estimate of drug-likeness (QED) is 0.594. The molecule has 7 heteroatoms. The maximum Gasteiger partial charge on any atom is 0.269 e. The highest BCUT2D eigenvalue weighted by atomic mass is 32.2. The molecule has 1 aromatic rings. The van der Waals surface area contributed by atoms with Crippen molar-refractivity contribution in [2.24, 2.45) is 0 Å². The molecular weight excluding hydrogens is 256 g/mol. The third kappa shape index (κ3) is 2.61. The Morgan fingerprint density at radius 1 is 1.28 bits per heavy atom. The first-order chi connectivity index (χ1) is 8.39. The van der Waals surface area contributed by atoms with Crippen molar-refractivity contribution in [3.63, 3.8) is 0 Å². The zero-order chi connectivity index (χ0) is 13.3. The number of rotatable bonds is 2. The van der Waals surface area contributed by atoms with Crippen LogP contribution < -0.4 is 4.90 Å². The van der Waals surface area contributed by atoms with E-state index in [9.17, 15) is 18.5 Å². The van der Waals surface area contributed by atoms with Gasteiger partial charge in [0, 0.05) is 30.9 Å². The summed E-state index contributed by atoms with van der Waals surface area (Å²) in [7, 11) is -2.91. The van der Waals surface area contributed by atoms with Crippen LogP contribution in [0.1, 0.15) is 5.56 Å². The van der Waals surface area contributed by atoms with Gasteiger partial charge in [-0.2, -0.15) is 0 Å². The summed E-state index contributed by atoms with van der Waals surface area (Å²) in [5.74, 6) is 0.285. The normalized spacial score (nSPS) is 18.6. The monoisotopic (exact) mass is 270 g/mol. The van der Waals surface area contributed by atoms with E-state index in [0.717, 1.165) is 11.3 Å². The summed E-state index contributed by atoms with van der Waals surface area (Å²) < 4.78 is 22.7. The minimum Gasteiger partial charge on any atom is -0.369 e. The molecule has 1 aromatic carbocycles. The minimum atomic E-state index is -2.91. The molecule has 1 fully saturated rings. The maximum atomic E-state index is 11.3. The Morgan fingerprint density at radius 3 is 2.39 bits per heavy atom. The van der Waals surface area contributed by atoms with E-state index < -0.39 is 14.8 Å². The fourth-order valence-corrected chi connectivity index (χ4v) is 3.26. The van der Waals surface area contributed by atoms with E-state index in [4.69, 9.17) is 0 Å². The van der Waals surface area contributed by atoms with Gasteiger partial charge < -0.3 is 4.90 Å². The van der Waals surface area contributed by atoms with Crippen molar-refractivity contribution in [1.29, 1.82) is 0 Å². The van der Waals surface area contributed by atoms with Crippen molar-refractivity contribution in [2.45, 2.75) is 6.92 Å². The predicted molar refractivity (Wildman–Crippen MR) is 68.7 cm³/mol. The number of non-ortho nitro benzene ring substituents is 1. The van der Waals surface area contributed by atoms with Crippen LogP contribution in [-0.2, 0) is 9.84 Å². The molecule has 0 unspecified atom stereocenters. The fraction of sp³-hybridized carbons (Fsp3) is 0.455. The van der Waals surface area contributed by atoms with E-state index in [2.05, 4.69) is 0 Å². The Labute approximate surface area is 105 Å². The van der Waals surface area contributed by atoms with Crippen LogP contribution in [0.25, 0.3) is 0 Å². The highest BCUT2D eigenvalue weighted by molar-refractivity contribution is 7.91. The summed E-state index contributed by atoms with van der Waals surface area (Å²) >= 11 is 0. The van der Waals surface area contributed by atoms with Gasteiger partial charge in [0.15, 0.2) is 9.84 Å². The van der Waals surface area contributed by atoms with Gasteiger partial charge in [0.25, 0.3) is 5.69 Å². The van der Waals surface area contributed by atoms with Crippen LogP contribution in [-0.4, -0.2) is 37.9 Å².